The Balaban J connectivity index is 1.47. The topological polar surface area (TPSA) is 83.5 Å². The lowest BCUT2D eigenvalue weighted by Gasteiger charge is -2.26. The fourth-order valence-corrected chi connectivity index (χ4v) is 6.41. The fourth-order valence-electron chi connectivity index (χ4n) is 4.01. The molecule has 1 aromatic heterocycles. The number of hydrogen-bond acceptors (Lipinski definition) is 6. The summed E-state index contributed by atoms with van der Waals surface area (Å²) in [5, 5.41) is 0.600. The van der Waals surface area contributed by atoms with E-state index in [0.717, 1.165) is 41.9 Å². The monoisotopic (exact) mass is 446 g/mol. The molecule has 160 valence electrons. The van der Waals surface area contributed by atoms with E-state index in [1.165, 1.54) is 11.8 Å². The number of rotatable bonds is 5. The summed E-state index contributed by atoms with van der Waals surface area (Å²) in [6.45, 7) is 5.55. The normalized spacial score (nSPS) is 17.2. The smallest absolute Gasteiger partial charge is 0.243 e. The van der Waals surface area contributed by atoms with Crippen LogP contribution in [-0.2, 0) is 21.2 Å². The number of carbonyl (C=O) groups is 1. The molecule has 0 bridgehead atoms. The average molecular weight is 447 g/mol. The first-order valence-corrected chi connectivity index (χ1v) is 12.7. The largest absolute Gasteiger partial charge is 0.311 e. The first kappa shape index (κ1) is 21.3. The van der Waals surface area contributed by atoms with Gasteiger partial charge in [0.2, 0.25) is 15.9 Å². The molecule has 0 saturated carbocycles. The summed E-state index contributed by atoms with van der Waals surface area (Å²) in [6, 6.07) is 7.05. The summed E-state index contributed by atoms with van der Waals surface area (Å²) in [6.07, 6.45) is 3.57. The van der Waals surface area contributed by atoms with Crippen LogP contribution in [0.3, 0.4) is 0 Å². The van der Waals surface area contributed by atoms with Crippen molar-refractivity contribution in [2.75, 3.05) is 30.3 Å². The predicted octanol–water partition coefficient (Wildman–Crippen LogP) is 2.95. The lowest BCUT2D eigenvalue weighted by molar-refractivity contribution is -0.116. The molecule has 7 nitrogen and oxygen atoms in total. The van der Waals surface area contributed by atoms with E-state index in [1.807, 2.05) is 19.9 Å². The molecule has 1 fully saturated rings. The number of thioether (sulfide) groups is 1. The molecule has 1 amide bonds. The number of hydrogen-bond donors (Lipinski definition) is 0. The van der Waals surface area contributed by atoms with Gasteiger partial charge in [-0.15, -0.1) is 0 Å². The molecule has 0 spiro atoms. The first-order chi connectivity index (χ1) is 14.3. The van der Waals surface area contributed by atoms with Gasteiger partial charge in [-0.3, -0.25) is 4.79 Å². The van der Waals surface area contributed by atoms with Crippen molar-refractivity contribution in [2.45, 2.75) is 49.6 Å². The highest BCUT2D eigenvalue weighted by Gasteiger charge is 2.30. The van der Waals surface area contributed by atoms with Crippen LogP contribution in [0, 0.1) is 13.8 Å². The van der Waals surface area contributed by atoms with Gasteiger partial charge in [0, 0.05) is 36.7 Å². The van der Waals surface area contributed by atoms with Crippen LogP contribution in [-0.4, -0.2) is 54.0 Å². The zero-order valence-corrected chi connectivity index (χ0v) is 18.9. The minimum absolute atomic E-state index is 0.0202. The Bertz CT molecular complexity index is 1050. The number of fused-ring (bicyclic) bond motifs is 1. The Kier molecular flexibility index (Phi) is 6.13. The van der Waals surface area contributed by atoms with Crippen LogP contribution in [0.4, 0.5) is 5.69 Å². The number of sulfonamides is 1. The van der Waals surface area contributed by atoms with Crippen molar-refractivity contribution in [1.82, 2.24) is 14.3 Å². The van der Waals surface area contributed by atoms with E-state index < -0.39 is 10.0 Å². The molecule has 4 rings (SSSR count). The van der Waals surface area contributed by atoms with Gasteiger partial charge in [0.05, 0.1) is 10.6 Å². The standard InChI is InChI=1S/C21H26N4O3S2/c1-15-12-16(2)23-21(22-15)29-14-20(26)25-11-8-17-13-18(6-7-19(17)25)30(27,28)24-9-4-3-5-10-24/h6-7,12-13H,3-5,8-11,14H2,1-2H3. The van der Waals surface area contributed by atoms with Crippen LogP contribution in [0.2, 0.25) is 0 Å². The molecule has 0 radical (unpaired) electrons. The SMILES string of the molecule is Cc1cc(C)nc(SCC(=O)N2CCc3cc(S(=O)(=O)N4CCCCC4)ccc32)n1. The molecule has 1 saturated heterocycles. The lowest BCUT2D eigenvalue weighted by Crippen LogP contribution is -2.35. The quantitative estimate of drug-likeness (QED) is 0.519. The zero-order valence-electron chi connectivity index (χ0n) is 17.3. The molecule has 30 heavy (non-hydrogen) atoms. The van der Waals surface area contributed by atoms with E-state index in [9.17, 15) is 13.2 Å². The van der Waals surface area contributed by atoms with E-state index >= 15 is 0 Å². The van der Waals surface area contributed by atoms with Crippen molar-refractivity contribution in [1.29, 1.82) is 0 Å². The second kappa shape index (κ2) is 8.64. The molecule has 0 N–H and O–H groups in total. The van der Waals surface area contributed by atoms with Crippen molar-refractivity contribution in [2.24, 2.45) is 0 Å². The maximum atomic E-state index is 12.9. The van der Waals surface area contributed by atoms with Crippen LogP contribution < -0.4 is 4.90 Å². The summed E-state index contributed by atoms with van der Waals surface area (Å²) >= 11 is 1.33. The van der Waals surface area contributed by atoms with E-state index in [1.54, 1.807) is 27.4 Å². The molecule has 0 unspecified atom stereocenters. The minimum Gasteiger partial charge on any atom is -0.311 e. The molecule has 3 heterocycles. The van der Waals surface area contributed by atoms with E-state index in [-0.39, 0.29) is 11.7 Å². The molecular formula is C21H26N4O3S2. The van der Waals surface area contributed by atoms with Crippen molar-refractivity contribution in [3.05, 3.63) is 41.2 Å². The highest BCUT2D eigenvalue weighted by Crippen LogP contribution is 2.32. The first-order valence-electron chi connectivity index (χ1n) is 10.2. The second-order valence-electron chi connectivity index (χ2n) is 7.77. The van der Waals surface area contributed by atoms with Gasteiger partial charge in [-0.25, -0.2) is 18.4 Å². The number of aromatic nitrogens is 2. The third kappa shape index (κ3) is 4.38. The number of piperidine rings is 1. The van der Waals surface area contributed by atoms with Crippen molar-refractivity contribution >= 4 is 33.4 Å². The molecule has 2 aromatic rings. The fraction of sp³-hybridized carbons (Fsp3) is 0.476. The number of nitrogens with zero attached hydrogens (tertiary/aromatic N) is 4. The van der Waals surface area contributed by atoms with Gasteiger partial charge < -0.3 is 4.90 Å². The summed E-state index contributed by atoms with van der Waals surface area (Å²) in [5.41, 5.74) is 3.48. The van der Waals surface area contributed by atoms with Crippen molar-refractivity contribution in [3.63, 3.8) is 0 Å². The van der Waals surface area contributed by atoms with Crippen LogP contribution in [0.25, 0.3) is 0 Å². The van der Waals surface area contributed by atoms with Crippen molar-refractivity contribution < 1.29 is 13.2 Å². The maximum Gasteiger partial charge on any atom is 0.243 e. The Morgan fingerprint density at radius 3 is 2.43 bits per heavy atom. The molecule has 2 aliphatic heterocycles. The number of aryl methyl sites for hydroxylation is 2. The highest BCUT2D eigenvalue weighted by atomic mass is 32.2. The summed E-state index contributed by atoms with van der Waals surface area (Å²) in [7, 11) is -3.47. The highest BCUT2D eigenvalue weighted by molar-refractivity contribution is 7.99. The Morgan fingerprint density at radius 2 is 1.73 bits per heavy atom. The third-order valence-electron chi connectivity index (χ3n) is 5.49. The van der Waals surface area contributed by atoms with E-state index in [0.29, 0.717) is 36.1 Å². The number of benzene rings is 1. The van der Waals surface area contributed by atoms with Crippen LogP contribution in [0.5, 0.6) is 0 Å². The van der Waals surface area contributed by atoms with Gasteiger partial charge in [-0.1, -0.05) is 18.2 Å². The van der Waals surface area contributed by atoms with Crippen LogP contribution in [0.1, 0.15) is 36.2 Å². The maximum absolute atomic E-state index is 12.9. The number of amides is 1. The van der Waals surface area contributed by atoms with Crippen LogP contribution >= 0.6 is 11.8 Å². The third-order valence-corrected chi connectivity index (χ3v) is 8.21. The Morgan fingerprint density at radius 1 is 1.03 bits per heavy atom. The molecule has 2 aliphatic rings. The number of carbonyl (C=O) groups excluding carboxylic acids is 1. The predicted molar refractivity (Wildman–Crippen MR) is 117 cm³/mol. The summed E-state index contributed by atoms with van der Waals surface area (Å²) in [4.78, 5) is 23.6. The lowest BCUT2D eigenvalue weighted by atomic mass is 10.2. The summed E-state index contributed by atoms with van der Waals surface area (Å²) in [5.74, 6) is 0.226. The van der Waals surface area contributed by atoms with Crippen molar-refractivity contribution in [3.8, 4) is 0 Å². The van der Waals surface area contributed by atoms with Gasteiger partial charge in [-0.2, -0.15) is 4.31 Å². The van der Waals surface area contributed by atoms with Crippen LogP contribution in [0.15, 0.2) is 34.3 Å². The molecule has 9 heteroatoms. The van der Waals surface area contributed by atoms with Gasteiger partial charge in [-0.05, 0) is 62.9 Å². The van der Waals surface area contributed by atoms with Gasteiger partial charge in [0.25, 0.3) is 0 Å². The molecule has 0 atom stereocenters. The second-order valence-corrected chi connectivity index (χ2v) is 10.7. The van der Waals surface area contributed by atoms with Gasteiger partial charge in [0.15, 0.2) is 5.16 Å². The van der Waals surface area contributed by atoms with E-state index in [2.05, 4.69) is 9.97 Å². The molecule has 0 aliphatic carbocycles. The summed E-state index contributed by atoms with van der Waals surface area (Å²) < 4.78 is 27.5. The van der Waals surface area contributed by atoms with E-state index in [4.69, 9.17) is 0 Å². The number of anilines is 1. The average Bonchev–Trinajstić information content (AvgIpc) is 3.15. The Hall–Kier alpha value is -1.97. The molecule has 1 aromatic carbocycles. The molecular weight excluding hydrogens is 420 g/mol. The minimum atomic E-state index is -3.47. The zero-order chi connectivity index (χ0) is 21.3. The van der Waals surface area contributed by atoms with Gasteiger partial charge >= 0.3 is 0 Å². The Labute approximate surface area is 181 Å². The van der Waals surface area contributed by atoms with Gasteiger partial charge in [0.1, 0.15) is 0 Å².